The quantitative estimate of drug-likeness (QED) is 0.768. The molecule has 1 aliphatic rings. The van der Waals surface area contributed by atoms with E-state index in [0.717, 1.165) is 25.1 Å². The average Bonchev–Trinajstić information content (AvgIpc) is 2.39. The molecule has 0 fully saturated rings. The topological polar surface area (TPSA) is 38.3 Å². The molecular weight excluding hydrogens is 202 g/mol. The number of rotatable bonds is 2. The summed E-state index contributed by atoms with van der Waals surface area (Å²) in [6.07, 6.45) is 3.25. The van der Waals surface area contributed by atoms with E-state index in [2.05, 4.69) is 11.4 Å². The molecule has 3 nitrogen and oxygen atoms in total. The minimum atomic E-state index is -0.286. The fraction of sp³-hybridized carbons (Fsp3) is 0.308. The Kier molecular flexibility index (Phi) is 3.37. The van der Waals surface area contributed by atoms with Crippen molar-refractivity contribution in [3.63, 3.8) is 0 Å². The highest BCUT2D eigenvalue weighted by atomic mass is 16.5. The van der Waals surface area contributed by atoms with E-state index in [9.17, 15) is 4.79 Å². The van der Waals surface area contributed by atoms with Crippen molar-refractivity contribution in [2.45, 2.75) is 6.42 Å². The van der Waals surface area contributed by atoms with E-state index >= 15 is 0 Å². The van der Waals surface area contributed by atoms with Gasteiger partial charge in [-0.15, -0.1) is 0 Å². The zero-order valence-corrected chi connectivity index (χ0v) is 9.32. The second-order valence-electron chi connectivity index (χ2n) is 3.77. The summed E-state index contributed by atoms with van der Waals surface area (Å²) in [6.45, 7) is 1.89. The van der Waals surface area contributed by atoms with Crippen LogP contribution in [0.5, 0.6) is 0 Å². The van der Waals surface area contributed by atoms with Crippen LogP contribution < -0.4 is 5.32 Å². The molecule has 0 aliphatic carbocycles. The van der Waals surface area contributed by atoms with Gasteiger partial charge < -0.3 is 10.1 Å². The second kappa shape index (κ2) is 4.94. The first-order valence-electron chi connectivity index (χ1n) is 5.40. The van der Waals surface area contributed by atoms with Gasteiger partial charge in [-0.3, -0.25) is 0 Å². The van der Waals surface area contributed by atoms with Crippen LogP contribution in [0.3, 0.4) is 0 Å². The van der Waals surface area contributed by atoms with Crippen LogP contribution in [0, 0.1) is 0 Å². The fourth-order valence-corrected chi connectivity index (χ4v) is 1.83. The van der Waals surface area contributed by atoms with Crippen molar-refractivity contribution in [3.8, 4) is 0 Å². The van der Waals surface area contributed by atoms with Crippen LogP contribution in [-0.4, -0.2) is 26.2 Å². The Labute approximate surface area is 95.1 Å². The summed E-state index contributed by atoms with van der Waals surface area (Å²) in [5.74, 6) is -0.286. The number of methoxy groups -OCH3 is 1. The molecule has 2 rings (SSSR count). The number of ether oxygens (including phenoxy) is 1. The Morgan fingerprint density at radius 3 is 3.00 bits per heavy atom. The van der Waals surface area contributed by atoms with Gasteiger partial charge in [-0.05, 0) is 36.2 Å². The molecule has 0 spiro atoms. The Morgan fingerprint density at radius 2 is 2.31 bits per heavy atom. The van der Waals surface area contributed by atoms with Gasteiger partial charge in [0, 0.05) is 6.54 Å². The standard InChI is InChI=1S/C13H15NO2/c1-16-13(15)11-5-2-4-10(8-11)12-6-3-7-14-9-12/h2,4-6,8,14H,3,7,9H2,1H3. The molecule has 0 unspecified atom stereocenters. The first kappa shape index (κ1) is 10.9. The monoisotopic (exact) mass is 217 g/mol. The van der Waals surface area contributed by atoms with E-state index in [4.69, 9.17) is 4.74 Å². The number of carbonyl (C=O) groups excluding carboxylic acids is 1. The zero-order valence-electron chi connectivity index (χ0n) is 9.32. The molecule has 0 amide bonds. The van der Waals surface area contributed by atoms with Crippen LogP contribution in [-0.2, 0) is 4.74 Å². The molecule has 1 N–H and O–H groups in total. The van der Waals surface area contributed by atoms with Crippen LogP contribution >= 0.6 is 0 Å². The maximum absolute atomic E-state index is 11.4. The minimum absolute atomic E-state index is 0.286. The summed E-state index contributed by atoms with van der Waals surface area (Å²) < 4.78 is 4.70. The molecule has 0 aromatic heterocycles. The number of hydrogen-bond donors (Lipinski definition) is 1. The lowest BCUT2D eigenvalue weighted by Crippen LogP contribution is -2.21. The van der Waals surface area contributed by atoms with Crippen molar-refractivity contribution in [1.82, 2.24) is 5.32 Å². The van der Waals surface area contributed by atoms with Gasteiger partial charge in [-0.2, -0.15) is 0 Å². The zero-order chi connectivity index (χ0) is 11.4. The molecule has 84 valence electrons. The predicted octanol–water partition coefficient (Wildman–Crippen LogP) is 1.85. The Bertz CT molecular complexity index is 424. The fourth-order valence-electron chi connectivity index (χ4n) is 1.83. The molecule has 0 radical (unpaired) electrons. The van der Waals surface area contributed by atoms with Gasteiger partial charge in [0.25, 0.3) is 0 Å². The van der Waals surface area contributed by atoms with Crippen molar-refractivity contribution in [1.29, 1.82) is 0 Å². The third kappa shape index (κ3) is 2.31. The second-order valence-corrected chi connectivity index (χ2v) is 3.77. The highest BCUT2D eigenvalue weighted by Gasteiger charge is 2.09. The highest BCUT2D eigenvalue weighted by Crippen LogP contribution is 2.18. The van der Waals surface area contributed by atoms with E-state index in [1.54, 1.807) is 6.07 Å². The predicted molar refractivity (Wildman–Crippen MR) is 63.2 cm³/mol. The van der Waals surface area contributed by atoms with E-state index in [1.807, 2.05) is 18.2 Å². The first-order valence-corrected chi connectivity index (χ1v) is 5.40. The van der Waals surface area contributed by atoms with Crippen LogP contribution in [0.15, 0.2) is 30.3 Å². The molecule has 1 aromatic rings. The molecule has 1 aliphatic heterocycles. The number of hydrogen-bond acceptors (Lipinski definition) is 3. The minimum Gasteiger partial charge on any atom is -0.465 e. The van der Waals surface area contributed by atoms with Crippen LogP contribution in [0.1, 0.15) is 22.3 Å². The van der Waals surface area contributed by atoms with Crippen LogP contribution in [0.4, 0.5) is 0 Å². The molecular formula is C13H15NO2. The van der Waals surface area contributed by atoms with Crippen LogP contribution in [0.2, 0.25) is 0 Å². The molecule has 0 saturated carbocycles. The normalized spacial score (nSPS) is 15.4. The van der Waals surface area contributed by atoms with Gasteiger partial charge >= 0.3 is 5.97 Å². The van der Waals surface area contributed by atoms with Crippen LogP contribution in [0.25, 0.3) is 5.57 Å². The number of nitrogens with one attached hydrogen (secondary N) is 1. The maximum Gasteiger partial charge on any atom is 0.337 e. The Hall–Kier alpha value is -1.61. The van der Waals surface area contributed by atoms with E-state index in [-0.39, 0.29) is 5.97 Å². The SMILES string of the molecule is COC(=O)c1cccc(C2=CCCNC2)c1. The van der Waals surface area contributed by atoms with Gasteiger partial charge in [-0.1, -0.05) is 18.2 Å². The van der Waals surface area contributed by atoms with Gasteiger partial charge in [0.15, 0.2) is 0 Å². The van der Waals surface area contributed by atoms with Gasteiger partial charge in [0.05, 0.1) is 12.7 Å². The summed E-state index contributed by atoms with van der Waals surface area (Å²) in [5.41, 5.74) is 2.94. The van der Waals surface area contributed by atoms with Gasteiger partial charge in [-0.25, -0.2) is 4.79 Å². The van der Waals surface area contributed by atoms with E-state index in [0.29, 0.717) is 5.56 Å². The summed E-state index contributed by atoms with van der Waals surface area (Å²) in [7, 11) is 1.40. The summed E-state index contributed by atoms with van der Waals surface area (Å²) in [5, 5.41) is 3.31. The summed E-state index contributed by atoms with van der Waals surface area (Å²) in [6, 6.07) is 7.55. The number of carbonyl (C=O) groups is 1. The molecule has 0 bridgehead atoms. The number of esters is 1. The first-order chi connectivity index (χ1) is 7.81. The van der Waals surface area contributed by atoms with Crippen molar-refractivity contribution in [2.24, 2.45) is 0 Å². The number of benzene rings is 1. The smallest absolute Gasteiger partial charge is 0.337 e. The van der Waals surface area contributed by atoms with Crippen molar-refractivity contribution >= 4 is 11.5 Å². The van der Waals surface area contributed by atoms with E-state index in [1.165, 1.54) is 12.7 Å². The summed E-state index contributed by atoms with van der Waals surface area (Å²) in [4.78, 5) is 11.4. The van der Waals surface area contributed by atoms with Gasteiger partial charge in [0.2, 0.25) is 0 Å². The third-order valence-corrected chi connectivity index (χ3v) is 2.68. The third-order valence-electron chi connectivity index (χ3n) is 2.68. The average molecular weight is 217 g/mol. The molecule has 3 heteroatoms. The summed E-state index contributed by atoms with van der Waals surface area (Å²) >= 11 is 0. The molecule has 16 heavy (non-hydrogen) atoms. The maximum atomic E-state index is 11.4. The van der Waals surface area contributed by atoms with Crippen molar-refractivity contribution in [2.75, 3.05) is 20.2 Å². The Balaban J connectivity index is 2.28. The highest BCUT2D eigenvalue weighted by molar-refractivity contribution is 5.90. The van der Waals surface area contributed by atoms with Crippen molar-refractivity contribution in [3.05, 3.63) is 41.5 Å². The molecule has 1 aromatic carbocycles. The van der Waals surface area contributed by atoms with Gasteiger partial charge in [0.1, 0.15) is 0 Å². The largest absolute Gasteiger partial charge is 0.465 e. The lowest BCUT2D eigenvalue weighted by molar-refractivity contribution is 0.0600. The molecule has 0 atom stereocenters. The lowest BCUT2D eigenvalue weighted by Gasteiger charge is -2.14. The van der Waals surface area contributed by atoms with Crippen molar-refractivity contribution < 1.29 is 9.53 Å². The van der Waals surface area contributed by atoms with E-state index < -0.39 is 0 Å². The molecule has 0 saturated heterocycles. The lowest BCUT2D eigenvalue weighted by atomic mass is 10.0. The Morgan fingerprint density at radius 1 is 1.44 bits per heavy atom. The molecule has 1 heterocycles.